The molecule has 0 unspecified atom stereocenters. The number of fused-ring (bicyclic) bond motifs is 1. The molecule has 4 rings (SSSR count). The van der Waals surface area contributed by atoms with Crippen molar-refractivity contribution in [2.45, 2.75) is 25.2 Å². The van der Waals surface area contributed by atoms with Gasteiger partial charge in [0, 0.05) is 18.0 Å². The predicted molar refractivity (Wildman–Crippen MR) is 109 cm³/mol. The number of pyridine rings is 1. The molecule has 1 atom stereocenters. The summed E-state index contributed by atoms with van der Waals surface area (Å²) in [6.07, 6.45) is -1.68. The van der Waals surface area contributed by atoms with Gasteiger partial charge in [0.25, 0.3) is 0 Å². The van der Waals surface area contributed by atoms with Gasteiger partial charge in [-0.2, -0.15) is 18.3 Å². The Balaban J connectivity index is 0.000000339. The van der Waals surface area contributed by atoms with Crippen molar-refractivity contribution in [3.05, 3.63) is 71.1 Å². The van der Waals surface area contributed by atoms with Crippen LogP contribution in [-0.4, -0.2) is 37.9 Å². The van der Waals surface area contributed by atoms with Crippen LogP contribution in [0.2, 0.25) is 5.02 Å². The molecule has 3 aromatic rings. The van der Waals surface area contributed by atoms with Crippen LogP contribution in [0.25, 0.3) is 11.3 Å². The maximum absolute atomic E-state index is 10.6. The van der Waals surface area contributed by atoms with Gasteiger partial charge >= 0.3 is 12.1 Å². The van der Waals surface area contributed by atoms with Crippen LogP contribution in [0.15, 0.2) is 59.9 Å². The topological polar surface area (TPSA) is 106 Å². The Hall–Kier alpha value is -3.40. The number of amidine groups is 1. The lowest BCUT2D eigenvalue weighted by Gasteiger charge is -2.31. The predicted octanol–water partition coefficient (Wildman–Crippen LogP) is 3.87. The lowest BCUT2D eigenvalue weighted by atomic mass is 9.89. The fourth-order valence-electron chi connectivity index (χ4n) is 3.04. The first kappa shape index (κ1) is 22.3. The average Bonchev–Trinajstić information content (AvgIpc) is 3.17. The van der Waals surface area contributed by atoms with E-state index in [9.17, 15) is 13.2 Å². The summed E-state index contributed by atoms with van der Waals surface area (Å²) in [6.45, 7) is 2.71. The van der Waals surface area contributed by atoms with Gasteiger partial charge in [-0.25, -0.2) is 4.79 Å². The highest BCUT2D eigenvalue weighted by Crippen LogP contribution is 2.33. The second kappa shape index (κ2) is 8.38. The lowest BCUT2D eigenvalue weighted by Crippen LogP contribution is -2.37. The summed E-state index contributed by atoms with van der Waals surface area (Å²) in [5.41, 5.74) is 9.49. The Labute approximate surface area is 180 Å². The molecule has 7 nitrogen and oxygen atoms in total. The van der Waals surface area contributed by atoms with Crippen molar-refractivity contribution in [3.63, 3.8) is 0 Å². The molecule has 3 N–H and O–H groups in total. The molecule has 0 amide bonds. The smallest absolute Gasteiger partial charge is 0.475 e. The molecular formula is C20H17ClF3N5O2. The number of rotatable bonds is 2. The molecule has 0 saturated carbocycles. The number of nitrogens with zero attached hydrogens (tertiary/aromatic N) is 4. The van der Waals surface area contributed by atoms with Crippen LogP contribution in [0.3, 0.4) is 0 Å². The Bertz CT molecular complexity index is 1130. The number of carboxylic acids is 1. The highest BCUT2D eigenvalue weighted by molar-refractivity contribution is 6.30. The first-order valence-corrected chi connectivity index (χ1v) is 9.27. The van der Waals surface area contributed by atoms with Crippen molar-refractivity contribution in [2.75, 3.05) is 0 Å². The Morgan fingerprint density at radius 1 is 1.26 bits per heavy atom. The molecule has 1 aliphatic rings. The number of alkyl halides is 3. The molecule has 2 aromatic heterocycles. The summed E-state index contributed by atoms with van der Waals surface area (Å²) in [7, 11) is 0. The van der Waals surface area contributed by atoms with Crippen LogP contribution in [0.5, 0.6) is 0 Å². The second-order valence-corrected chi connectivity index (χ2v) is 7.33. The molecule has 1 aliphatic heterocycles. The molecule has 0 saturated heterocycles. The summed E-state index contributed by atoms with van der Waals surface area (Å²) >= 11 is 5.92. The van der Waals surface area contributed by atoms with Gasteiger partial charge in [0.05, 0.1) is 17.3 Å². The quantitative estimate of drug-likeness (QED) is 0.615. The molecule has 162 valence electrons. The van der Waals surface area contributed by atoms with Crippen LogP contribution in [0.4, 0.5) is 13.2 Å². The Kier molecular flexibility index (Phi) is 6.03. The molecular weight excluding hydrogens is 435 g/mol. The number of aliphatic carboxylic acids is 1. The first-order chi connectivity index (χ1) is 14.5. The minimum absolute atomic E-state index is 0.467. The van der Waals surface area contributed by atoms with Crippen molar-refractivity contribution in [2.24, 2.45) is 10.7 Å². The average molecular weight is 452 g/mol. The number of hydrogen-bond acceptors (Lipinski definition) is 5. The summed E-state index contributed by atoms with van der Waals surface area (Å²) < 4.78 is 33.6. The number of hydrogen-bond donors (Lipinski definition) is 2. The minimum Gasteiger partial charge on any atom is -0.475 e. The van der Waals surface area contributed by atoms with Crippen molar-refractivity contribution in [1.29, 1.82) is 0 Å². The molecule has 0 spiro atoms. The Morgan fingerprint density at radius 3 is 2.58 bits per heavy atom. The zero-order valence-electron chi connectivity index (χ0n) is 16.1. The third kappa shape index (κ3) is 5.02. The maximum Gasteiger partial charge on any atom is 0.490 e. The maximum atomic E-state index is 10.6. The van der Waals surface area contributed by atoms with E-state index in [0.717, 1.165) is 22.5 Å². The highest BCUT2D eigenvalue weighted by atomic mass is 35.5. The monoisotopic (exact) mass is 451 g/mol. The van der Waals surface area contributed by atoms with Gasteiger partial charge < -0.3 is 10.8 Å². The Morgan fingerprint density at radius 2 is 1.97 bits per heavy atom. The van der Waals surface area contributed by atoms with Crippen LogP contribution in [0.1, 0.15) is 18.2 Å². The number of aromatic nitrogens is 3. The largest absolute Gasteiger partial charge is 0.490 e. The van der Waals surface area contributed by atoms with Crippen LogP contribution in [0, 0.1) is 0 Å². The molecule has 31 heavy (non-hydrogen) atoms. The van der Waals surface area contributed by atoms with Gasteiger partial charge in [-0.3, -0.25) is 14.7 Å². The van der Waals surface area contributed by atoms with Crippen molar-refractivity contribution in [3.8, 4) is 11.3 Å². The van der Waals surface area contributed by atoms with Crippen molar-refractivity contribution < 1.29 is 23.1 Å². The zero-order valence-corrected chi connectivity index (χ0v) is 16.9. The standard InChI is InChI=1S/C18H16ClN5.C2HF3O2/c1-18(11-24-16(7-8-22-24)17(20)23-18)13-4-2-3-12(9-13)15-6-5-14(19)10-21-15;3-2(4,5)1(6)7/h2-10H,11H2,1H3,(H2,20,23);(H,6,7)/t18-;/m1./s1. The summed E-state index contributed by atoms with van der Waals surface area (Å²) in [5.74, 6) is -2.25. The van der Waals surface area contributed by atoms with Gasteiger partial charge in [0.2, 0.25) is 0 Å². The van der Waals surface area contributed by atoms with E-state index in [2.05, 4.69) is 29.1 Å². The van der Waals surface area contributed by atoms with E-state index in [1.165, 1.54) is 0 Å². The normalized spacial score (nSPS) is 17.8. The first-order valence-electron chi connectivity index (χ1n) is 8.90. The van der Waals surface area contributed by atoms with Crippen molar-refractivity contribution >= 4 is 23.4 Å². The number of benzene rings is 1. The van der Waals surface area contributed by atoms with E-state index in [-0.39, 0.29) is 0 Å². The molecule has 0 radical (unpaired) electrons. The molecule has 3 heterocycles. The zero-order chi connectivity index (χ0) is 22.8. The van der Waals surface area contributed by atoms with E-state index in [4.69, 9.17) is 32.2 Å². The molecule has 1 aromatic carbocycles. The third-order valence-corrected chi connectivity index (χ3v) is 4.78. The summed E-state index contributed by atoms with van der Waals surface area (Å²) in [4.78, 5) is 18.0. The van der Waals surface area contributed by atoms with Crippen molar-refractivity contribution in [1.82, 2.24) is 14.8 Å². The van der Waals surface area contributed by atoms with E-state index < -0.39 is 17.7 Å². The van der Waals surface area contributed by atoms with Gasteiger partial charge in [0.1, 0.15) is 17.1 Å². The van der Waals surface area contributed by atoms with Gasteiger partial charge in [-0.1, -0.05) is 29.8 Å². The second-order valence-electron chi connectivity index (χ2n) is 6.89. The van der Waals surface area contributed by atoms with Gasteiger partial charge in [-0.05, 0) is 36.8 Å². The minimum atomic E-state index is -5.08. The number of nitrogens with two attached hydrogens (primary N) is 1. The third-order valence-electron chi connectivity index (χ3n) is 4.55. The van der Waals surface area contributed by atoms with E-state index in [0.29, 0.717) is 17.4 Å². The summed E-state index contributed by atoms with van der Waals surface area (Å²) in [5, 5.41) is 12.1. The SMILES string of the molecule is C[C@]1(c2cccc(-c3ccc(Cl)cn3)c2)Cn2nccc2C(N)=N1.O=C(O)C(F)(F)F. The van der Waals surface area contributed by atoms with E-state index >= 15 is 0 Å². The fourth-order valence-corrected chi connectivity index (χ4v) is 3.15. The number of aliphatic imine (C=N–C) groups is 1. The molecule has 0 aliphatic carbocycles. The summed E-state index contributed by atoms with van der Waals surface area (Å²) in [6, 6.07) is 13.8. The van der Waals surface area contributed by atoms with Crippen LogP contribution < -0.4 is 5.73 Å². The van der Waals surface area contributed by atoms with Gasteiger partial charge in [0.15, 0.2) is 0 Å². The molecule has 0 bridgehead atoms. The molecule has 11 heteroatoms. The number of halogens is 4. The fraction of sp³-hybridized carbons (Fsp3) is 0.200. The molecule has 0 fully saturated rings. The van der Waals surface area contributed by atoms with E-state index in [1.54, 1.807) is 12.4 Å². The number of carbonyl (C=O) groups is 1. The number of carboxylic acid groups (broad SMARTS) is 1. The van der Waals surface area contributed by atoms with Crippen LogP contribution in [-0.2, 0) is 16.9 Å². The lowest BCUT2D eigenvalue weighted by molar-refractivity contribution is -0.192. The highest BCUT2D eigenvalue weighted by Gasteiger charge is 2.38. The van der Waals surface area contributed by atoms with Gasteiger partial charge in [-0.15, -0.1) is 0 Å². The van der Waals surface area contributed by atoms with E-state index in [1.807, 2.05) is 35.0 Å². The van der Waals surface area contributed by atoms with Crippen LogP contribution >= 0.6 is 11.6 Å².